The summed E-state index contributed by atoms with van der Waals surface area (Å²) in [5.74, 6) is 0.0684. The van der Waals surface area contributed by atoms with E-state index in [9.17, 15) is 13.2 Å². The standard InChI is InChI=1S/C30H35N3O3S/c1-3-37(35,36)25-11-8-22(9-12-25)19-32-29(34)33-20-30(14-4-5-15-30)27-17-24(10-13-28(27)33)26-16-23(18-31)7-6-21(26)2/h6-13,16-17H,3-5,14-15,18-20,31H2,1-2H3,(H,32,34). The molecule has 0 radical (unpaired) electrons. The number of hydrogen-bond donors (Lipinski definition) is 2. The average Bonchev–Trinajstić information content (AvgIpc) is 3.53. The molecule has 1 saturated carbocycles. The second-order valence-corrected chi connectivity index (χ2v) is 12.6. The van der Waals surface area contributed by atoms with Crippen molar-refractivity contribution in [3.63, 3.8) is 0 Å². The third kappa shape index (κ3) is 4.78. The van der Waals surface area contributed by atoms with Crippen molar-refractivity contribution in [1.82, 2.24) is 5.32 Å². The Kier molecular flexibility index (Phi) is 6.86. The monoisotopic (exact) mass is 517 g/mol. The summed E-state index contributed by atoms with van der Waals surface area (Å²) in [6.07, 6.45) is 4.52. The van der Waals surface area contributed by atoms with Crippen LogP contribution in [0.3, 0.4) is 0 Å². The number of nitrogens with zero attached hydrogens (tertiary/aromatic N) is 1. The van der Waals surface area contributed by atoms with Crippen LogP contribution in [-0.2, 0) is 28.3 Å². The molecule has 2 amide bonds. The van der Waals surface area contributed by atoms with Crippen LogP contribution in [0.25, 0.3) is 11.1 Å². The molecule has 3 N–H and O–H groups in total. The maximum absolute atomic E-state index is 13.4. The Bertz CT molecular complexity index is 1420. The highest BCUT2D eigenvalue weighted by Crippen LogP contribution is 2.51. The molecule has 0 unspecified atom stereocenters. The minimum Gasteiger partial charge on any atom is -0.334 e. The Morgan fingerprint density at radius 2 is 1.70 bits per heavy atom. The number of amides is 2. The molecule has 1 heterocycles. The first kappa shape index (κ1) is 25.5. The minimum atomic E-state index is -3.24. The van der Waals surface area contributed by atoms with Gasteiger partial charge < -0.3 is 11.1 Å². The zero-order valence-corrected chi connectivity index (χ0v) is 22.4. The van der Waals surface area contributed by atoms with E-state index in [1.54, 1.807) is 31.2 Å². The normalized spacial score (nSPS) is 16.2. The van der Waals surface area contributed by atoms with Gasteiger partial charge in [-0.05, 0) is 83.5 Å². The number of nitrogens with two attached hydrogens (primary N) is 1. The van der Waals surface area contributed by atoms with Crippen LogP contribution in [0.5, 0.6) is 0 Å². The molecule has 0 saturated heterocycles. The largest absolute Gasteiger partial charge is 0.334 e. The average molecular weight is 518 g/mol. The summed E-state index contributed by atoms with van der Waals surface area (Å²) in [6, 6.07) is 19.5. The number of carbonyl (C=O) groups excluding carboxylic acids is 1. The molecule has 2 aliphatic rings. The van der Waals surface area contributed by atoms with Crippen molar-refractivity contribution in [2.24, 2.45) is 5.73 Å². The number of hydrogen-bond acceptors (Lipinski definition) is 4. The zero-order chi connectivity index (χ0) is 26.2. The predicted octanol–water partition coefficient (Wildman–Crippen LogP) is 5.46. The third-order valence-electron chi connectivity index (χ3n) is 8.08. The lowest BCUT2D eigenvalue weighted by atomic mass is 9.79. The van der Waals surface area contributed by atoms with Crippen molar-refractivity contribution in [2.45, 2.75) is 62.9 Å². The SMILES string of the molecule is CCS(=O)(=O)c1ccc(CNC(=O)N2CC3(CCCC3)c3cc(-c4cc(CN)ccc4C)ccc32)cc1. The van der Waals surface area contributed by atoms with Crippen LogP contribution in [0.4, 0.5) is 10.5 Å². The van der Waals surface area contributed by atoms with Gasteiger partial charge in [-0.15, -0.1) is 0 Å². The number of nitrogens with one attached hydrogen (secondary N) is 1. The summed E-state index contributed by atoms with van der Waals surface area (Å²) < 4.78 is 24.2. The number of anilines is 1. The number of fused-ring (bicyclic) bond motifs is 2. The van der Waals surface area contributed by atoms with E-state index in [2.05, 4.69) is 48.6 Å². The molecular weight excluding hydrogens is 482 g/mol. The number of aryl methyl sites for hydroxylation is 1. The van der Waals surface area contributed by atoms with Crippen LogP contribution in [0.1, 0.15) is 54.9 Å². The first-order chi connectivity index (χ1) is 17.8. The van der Waals surface area contributed by atoms with Gasteiger partial charge in [0.2, 0.25) is 0 Å². The molecule has 6 nitrogen and oxygen atoms in total. The summed E-state index contributed by atoms with van der Waals surface area (Å²) in [6.45, 7) is 5.29. The fraction of sp³-hybridized carbons (Fsp3) is 0.367. The van der Waals surface area contributed by atoms with Crippen LogP contribution in [0.2, 0.25) is 0 Å². The highest BCUT2D eigenvalue weighted by atomic mass is 32.2. The van der Waals surface area contributed by atoms with Gasteiger partial charge in [0, 0.05) is 30.7 Å². The lowest BCUT2D eigenvalue weighted by Gasteiger charge is -2.25. The molecule has 3 aromatic carbocycles. The predicted molar refractivity (Wildman–Crippen MR) is 148 cm³/mol. The van der Waals surface area contributed by atoms with Crippen molar-refractivity contribution in [3.05, 3.63) is 82.9 Å². The molecule has 7 heteroatoms. The van der Waals surface area contributed by atoms with Gasteiger partial charge in [0.1, 0.15) is 0 Å². The summed E-state index contributed by atoms with van der Waals surface area (Å²) in [5, 5.41) is 3.05. The zero-order valence-electron chi connectivity index (χ0n) is 21.6. The van der Waals surface area contributed by atoms with Crippen LogP contribution in [0, 0.1) is 6.92 Å². The molecule has 1 aliphatic carbocycles. The van der Waals surface area contributed by atoms with Crippen molar-refractivity contribution >= 4 is 21.6 Å². The Balaban J connectivity index is 1.39. The first-order valence-electron chi connectivity index (χ1n) is 13.1. The van der Waals surface area contributed by atoms with E-state index >= 15 is 0 Å². The molecule has 0 bridgehead atoms. The van der Waals surface area contributed by atoms with Crippen molar-refractivity contribution in [2.75, 3.05) is 17.2 Å². The third-order valence-corrected chi connectivity index (χ3v) is 9.83. The van der Waals surface area contributed by atoms with Crippen molar-refractivity contribution in [1.29, 1.82) is 0 Å². The molecule has 37 heavy (non-hydrogen) atoms. The van der Waals surface area contributed by atoms with E-state index in [1.165, 1.54) is 35.1 Å². The Hall–Kier alpha value is -3.16. The molecule has 5 rings (SSSR count). The molecule has 194 valence electrons. The number of urea groups is 1. The summed E-state index contributed by atoms with van der Waals surface area (Å²) in [4.78, 5) is 15.6. The highest BCUT2D eigenvalue weighted by Gasteiger charge is 2.46. The Morgan fingerprint density at radius 1 is 1.00 bits per heavy atom. The van der Waals surface area contributed by atoms with Crippen LogP contribution in [-0.4, -0.2) is 26.7 Å². The molecular formula is C30H35N3O3S. The highest BCUT2D eigenvalue weighted by molar-refractivity contribution is 7.91. The van der Waals surface area contributed by atoms with E-state index in [0.29, 0.717) is 24.5 Å². The quantitative estimate of drug-likeness (QED) is 0.454. The van der Waals surface area contributed by atoms with Crippen molar-refractivity contribution in [3.8, 4) is 11.1 Å². The lowest BCUT2D eigenvalue weighted by molar-refractivity contribution is 0.245. The summed E-state index contributed by atoms with van der Waals surface area (Å²) in [5.41, 5.74) is 13.7. The van der Waals surface area contributed by atoms with E-state index in [4.69, 9.17) is 5.73 Å². The lowest BCUT2D eigenvalue weighted by Crippen LogP contribution is -2.41. The summed E-state index contributed by atoms with van der Waals surface area (Å²) >= 11 is 0. The summed E-state index contributed by atoms with van der Waals surface area (Å²) in [7, 11) is -3.24. The molecule has 1 spiro atoms. The minimum absolute atomic E-state index is 0.00176. The topological polar surface area (TPSA) is 92.5 Å². The van der Waals surface area contributed by atoms with Gasteiger partial charge in [-0.2, -0.15) is 0 Å². The van der Waals surface area contributed by atoms with Crippen LogP contribution < -0.4 is 16.0 Å². The number of benzene rings is 3. The van der Waals surface area contributed by atoms with E-state index in [1.807, 2.05) is 4.90 Å². The fourth-order valence-corrected chi connectivity index (χ4v) is 6.74. The molecule has 0 aromatic heterocycles. The molecule has 0 atom stereocenters. The molecule has 1 fully saturated rings. The van der Waals surface area contributed by atoms with E-state index in [-0.39, 0.29) is 17.2 Å². The number of sulfone groups is 1. The van der Waals surface area contributed by atoms with Gasteiger partial charge >= 0.3 is 6.03 Å². The van der Waals surface area contributed by atoms with Gasteiger partial charge in [0.25, 0.3) is 0 Å². The Labute approximate surface area is 219 Å². The van der Waals surface area contributed by atoms with Crippen LogP contribution >= 0.6 is 0 Å². The number of rotatable bonds is 6. The molecule has 3 aromatic rings. The van der Waals surface area contributed by atoms with Crippen molar-refractivity contribution < 1.29 is 13.2 Å². The van der Waals surface area contributed by atoms with Gasteiger partial charge in [-0.25, -0.2) is 13.2 Å². The van der Waals surface area contributed by atoms with Gasteiger partial charge in [-0.1, -0.05) is 50.1 Å². The van der Waals surface area contributed by atoms with E-state index < -0.39 is 9.84 Å². The smallest absolute Gasteiger partial charge is 0.322 e. The maximum Gasteiger partial charge on any atom is 0.322 e. The van der Waals surface area contributed by atoms with Gasteiger partial charge in [-0.3, -0.25) is 4.90 Å². The van der Waals surface area contributed by atoms with Gasteiger partial charge in [0.05, 0.1) is 10.6 Å². The Morgan fingerprint density at radius 3 is 2.38 bits per heavy atom. The fourth-order valence-electron chi connectivity index (χ4n) is 5.86. The second kappa shape index (κ2) is 9.95. The van der Waals surface area contributed by atoms with E-state index in [0.717, 1.165) is 29.7 Å². The van der Waals surface area contributed by atoms with Gasteiger partial charge in [0.15, 0.2) is 9.84 Å². The maximum atomic E-state index is 13.4. The van der Waals surface area contributed by atoms with Crippen LogP contribution in [0.15, 0.2) is 65.6 Å². The molecule has 1 aliphatic heterocycles. The number of carbonyl (C=O) groups is 1. The second-order valence-electron chi connectivity index (χ2n) is 10.4. The first-order valence-corrected chi connectivity index (χ1v) is 14.7.